The van der Waals surface area contributed by atoms with E-state index < -0.39 is 28.5 Å². The smallest absolute Gasteiger partial charge is 0.244 e. The van der Waals surface area contributed by atoms with E-state index in [4.69, 9.17) is 4.74 Å². The van der Waals surface area contributed by atoms with Gasteiger partial charge in [0.1, 0.15) is 18.3 Å². The molecule has 1 atom stereocenters. The molecule has 0 aromatic heterocycles. The molecule has 1 N–H and O–H groups in total. The summed E-state index contributed by atoms with van der Waals surface area (Å²) >= 11 is 0. The average Bonchev–Trinajstić information content (AvgIpc) is 2.99. The van der Waals surface area contributed by atoms with Crippen molar-refractivity contribution in [3.8, 4) is 5.75 Å². The maximum Gasteiger partial charge on any atom is 0.244 e. The minimum atomic E-state index is -3.83. The maximum absolute atomic E-state index is 14.3. The lowest BCUT2D eigenvalue weighted by Crippen LogP contribution is -2.55. The first-order chi connectivity index (χ1) is 20.6. The molecule has 43 heavy (non-hydrogen) atoms. The van der Waals surface area contributed by atoms with Gasteiger partial charge in [-0.1, -0.05) is 79.4 Å². The molecular weight excluding hydrogens is 562 g/mol. The number of carbonyl (C=O) groups is 2. The predicted molar refractivity (Wildman–Crippen MR) is 170 cm³/mol. The number of sulfonamides is 1. The van der Waals surface area contributed by atoms with Gasteiger partial charge < -0.3 is 15.0 Å². The van der Waals surface area contributed by atoms with E-state index in [-0.39, 0.29) is 18.5 Å². The lowest BCUT2D eigenvalue weighted by atomic mass is 9.94. The van der Waals surface area contributed by atoms with Crippen molar-refractivity contribution < 1.29 is 22.7 Å². The maximum atomic E-state index is 14.3. The van der Waals surface area contributed by atoms with Crippen LogP contribution in [0.2, 0.25) is 0 Å². The molecule has 9 heteroatoms. The van der Waals surface area contributed by atoms with Gasteiger partial charge >= 0.3 is 0 Å². The predicted octanol–water partition coefficient (Wildman–Crippen LogP) is 5.25. The van der Waals surface area contributed by atoms with Crippen LogP contribution >= 0.6 is 0 Å². The molecule has 1 saturated carbocycles. The number of aryl methyl sites for hydroxylation is 1. The van der Waals surface area contributed by atoms with Crippen molar-refractivity contribution in [3.05, 3.63) is 95.6 Å². The highest BCUT2D eigenvalue weighted by Gasteiger charge is 2.34. The van der Waals surface area contributed by atoms with Crippen LogP contribution in [0.4, 0.5) is 5.69 Å². The molecule has 4 rings (SSSR count). The second-order valence-corrected chi connectivity index (χ2v) is 13.2. The van der Waals surface area contributed by atoms with Crippen LogP contribution < -0.4 is 14.4 Å². The van der Waals surface area contributed by atoms with Gasteiger partial charge in [-0.15, -0.1) is 0 Å². The van der Waals surface area contributed by atoms with Crippen molar-refractivity contribution in [3.63, 3.8) is 0 Å². The molecule has 1 aliphatic rings. The first-order valence-electron chi connectivity index (χ1n) is 15.0. The molecule has 0 radical (unpaired) electrons. The van der Waals surface area contributed by atoms with Gasteiger partial charge in [0.2, 0.25) is 21.8 Å². The minimum Gasteiger partial charge on any atom is -0.494 e. The summed E-state index contributed by atoms with van der Waals surface area (Å²) in [7, 11) is -3.83. The topological polar surface area (TPSA) is 96.0 Å². The highest BCUT2D eigenvalue weighted by molar-refractivity contribution is 7.92. The number of ether oxygens (including phenoxy) is 1. The van der Waals surface area contributed by atoms with E-state index >= 15 is 0 Å². The molecule has 3 aromatic carbocycles. The number of amides is 2. The number of anilines is 1. The van der Waals surface area contributed by atoms with Gasteiger partial charge in [-0.2, -0.15) is 0 Å². The summed E-state index contributed by atoms with van der Waals surface area (Å²) < 4.78 is 32.6. The van der Waals surface area contributed by atoms with Gasteiger partial charge in [-0.05, 0) is 62.1 Å². The number of hydrogen-bond donors (Lipinski definition) is 1. The molecule has 0 unspecified atom stereocenters. The van der Waals surface area contributed by atoms with E-state index in [9.17, 15) is 18.0 Å². The van der Waals surface area contributed by atoms with Gasteiger partial charge in [0.05, 0.1) is 18.6 Å². The Labute approximate surface area is 256 Å². The molecule has 1 fully saturated rings. The molecule has 230 valence electrons. The number of nitrogens with one attached hydrogen (secondary N) is 1. The second-order valence-electron chi connectivity index (χ2n) is 11.3. The quantitative estimate of drug-likeness (QED) is 0.287. The highest BCUT2D eigenvalue weighted by Crippen LogP contribution is 2.24. The normalized spacial score (nSPS) is 14.5. The van der Waals surface area contributed by atoms with Crippen LogP contribution in [-0.4, -0.2) is 56.6 Å². The third kappa shape index (κ3) is 9.32. The molecule has 2 amide bonds. The molecule has 0 heterocycles. The highest BCUT2D eigenvalue weighted by atomic mass is 32.2. The Hall–Kier alpha value is -3.85. The molecule has 0 bridgehead atoms. The van der Waals surface area contributed by atoms with E-state index in [0.29, 0.717) is 24.5 Å². The first-order valence-corrected chi connectivity index (χ1v) is 16.9. The summed E-state index contributed by atoms with van der Waals surface area (Å²) in [6.45, 7) is 4.06. The van der Waals surface area contributed by atoms with Crippen molar-refractivity contribution >= 4 is 27.5 Å². The number of hydrogen-bond acceptors (Lipinski definition) is 5. The summed E-state index contributed by atoms with van der Waals surface area (Å²) in [6, 6.07) is 23.3. The summed E-state index contributed by atoms with van der Waals surface area (Å²) in [6.07, 6.45) is 6.49. The van der Waals surface area contributed by atoms with Crippen LogP contribution in [-0.2, 0) is 32.6 Å². The third-order valence-corrected chi connectivity index (χ3v) is 8.95. The summed E-state index contributed by atoms with van der Waals surface area (Å²) in [4.78, 5) is 29.8. The Morgan fingerprint density at radius 2 is 1.56 bits per heavy atom. The minimum absolute atomic E-state index is 0.0622. The van der Waals surface area contributed by atoms with Crippen LogP contribution in [0.25, 0.3) is 0 Å². The van der Waals surface area contributed by atoms with Gasteiger partial charge in [-0.25, -0.2) is 8.42 Å². The van der Waals surface area contributed by atoms with Gasteiger partial charge in [0.25, 0.3) is 0 Å². The monoisotopic (exact) mass is 605 g/mol. The average molecular weight is 606 g/mol. The first kappa shape index (κ1) is 32.1. The molecule has 3 aromatic rings. The number of benzene rings is 3. The van der Waals surface area contributed by atoms with Gasteiger partial charge in [0, 0.05) is 19.0 Å². The Kier molecular flexibility index (Phi) is 11.2. The molecular formula is C34H43N3O5S. The standard InChI is InChI=1S/C34H43N3O5S/c1-4-42-31-21-19-30(20-22-31)37(43(3,40)41)25-33(38)36(24-28-17-15-26(2)16-18-28)32(23-27-11-7-5-8-12-27)34(39)35-29-13-9-6-10-14-29/h5,7-8,11-12,15-22,29,32H,4,6,9-10,13-14,23-25H2,1-3H3,(H,35,39)/t32-/m1/s1. The number of nitrogens with zero attached hydrogens (tertiary/aromatic N) is 2. The van der Waals surface area contributed by atoms with E-state index in [1.54, 1.807) is 29.2 Å². The summed E-state index contributed by atoms with van der Waals surface area (Å²) in [5.41, 5.74) is 3.20. The number of rotatable bonds is 13. The molecule has 0 spiro atoms. The van der Waals surface area contributed by atoms with Gasteiger partial charge in [-0.3, -0.25) is 13.9 Å². The van der Waals surface area contributed by atoms with Crippen LogP contribution in [0.3, 0.4) is 0 Å². The summed E-state index contributed by atoms with van der Waals surface area (Å²) in [5, 5.41) is 3.22. The third-order valence-electron chi connectivity index (χ3n) is 7.81. The SMILES string of the molecule is CCOc1ccc(N(CC(=O)N(Cc2ccc(C)cc2)[C@H](Cc2ccccc2)C(=O)NC2CCCCC2)S(C)(=O)=O)cc1. The lowest BCUT2D eigenvalue weighted by Gasteiger charge is -2.35. The zero-order chi connectivity index (χ0) is 30.8. The Morgan fingerprint density at radius 3 is 2.16 bits per heavy atom. The van der Waals surface area contributed by atoms with Crippen LogP contribution in [0.5, 0.6) is 5.75 Å². The summed E-state index contributed by atoms with van der Waals surface area (Å²) in [5.74, 6) is -0.0721. The van der Waals surface area contributed by atoms with E-state index in [1.165, 1.54) is 0 Å². The zero-order valence-corrected chi connectivity index (χ0v) is 26.2. The molecule has 0 aliphatic heterocycles. The van der Waals surface area contributed by atoms with Crippen molar-refractivity contribution in [1.29, 1.82) is 0 Å². The lowest BCUT2D eigenvalue weighted by molar-refractivity contribution is -0.140. The van der Waals surface area contributed by atoms with Crippen molar-refractivity contribution in [2.24, 2.45) is 0 Å². The largest absolute Gasteiger partial charge is 0.494 e. The number of carbonyl (C=O) groups excluding carboxylic acids is 2. The molecule has 8 nitrogen and oxygen atoms in total. The second kappa shape index (κ2) is 15.0. The van der Waals surface area contributed by atoms with Crippen molar-refractivity contribution in [2.75, 3.05) is 23.7 Å². The Bertz CT molecular complexity index is 1440. The zero-order valence-electron chi connectivity index (χ0n) is 25.4. The molecule has 0 saturated heterocycles. The van der Waals surface area contributed by atoms with Crippen LogP contribution in [0, 0.1) is 6.92 Å². The fraction of sp³-hybridized carbons (Fsp3) is 0.412. The Morgan fingerprint density at radius 1 is 0.907 bits per heavy atom. The van der Waals surface area contributed by atoms with E-state index in [2.05, 4.69) is 5.32 Å². The van der Waals surface area contributed by atoms with E-state index in [0.717, 1.165) is 59.4 Å². The fourth-order valence-electron chi connectivity index (χ4n) is 5.48. The van der Waals surface area contributed by atoms with Crippen LogP contribution in [0.15, 0.2) is 78.9 Å². The fourth-order valence-corrected chi connectivity index (χ4v) is 6.33. The van der Waals surface area contributed by atoms with Crippen molar-refractivity contribution in [1.82, 2.24) is 10.2 Å². The molecule has 1 aliphatic carbocycles. The van der Waals surface area contributed by atoms with Crippen LogP contribution in [0.1, 0.15) is 55.7 Å². The van der Waals surface area contributed by atoms with Crippen molar-refractivity contribution in [2.45, 2.75) is 71.0 Å². The van der Waals surface area contributed by atoms with E-state index in [1.807, 2.05) is 68.4 Å². The van der Waals surface area contributed by atoms with Gasteiger partial charge in [0.15, 0.2) is 0 Å². The Balaban J connectivity index is 1.70.